The summed E-state index contributed by atoms with van der Waals surface area (Å²) in [6, 6.07) is 10.7. The molecule has 10 nitrogen and oxygen atoms in total. The third kappa shape index (κ3) is 12.9. The summed E-state index contributed by atoms with van der Waals surface area (Å²) in [5.41, 5.74) is 1.46. The van der Waals surface area contributed by atoms with Gasteiger partial charge in [-0.2, -0.15) is 0 Å². The fourth-order valence-electron chi connectivity index (χ4n) is 5.34. The van der Waals surface area contributed by atoms with Gasteiger partial charge in [0.05, 0.1) is 6.61 Å². The van der Waals surface area contributed by atoms with Crippen LogP contribution in [-0.4, -0.2) is 69.8 Å². The van der Waals surface area contributed by atoms with Gasteiger partial charge in [-0.15, -0.1) is 0 Å². The number of aryl methyl sites for hydroxylation is 2. The SMILES string of the molecule is Cc1ccc(C(C(=O)NC(Cc2ccccc2)C(=O)OC(C)(C)C)N(C(=O)C(CO)NC(=O)OC(C)(C)C)C(C)CCC(C)C)c(C)c1. The minimum atomic E-state index is -1.40. The Morgan fingerprint density at radius 3 is 1.94 bits per heavy atom. The van der Waals surface area contributed by atoms with Crippen LogP contribution in [0.25, 0.3) is 0 Å². The first kappa shape index (κ1) is 40.3. The van der Waals surface area contributed by atoms with Crippen LogP contribution in [0.2, 0.25) is 0 Å². The molecule has 3 N–H and O–H groups in total. The van der Waals surface area contributed by atoms with Crippen molar-refractivity contribution < 1.29 is 33.8 Å². The molecule has 0 aliphatic carbocycles. The molecule has 2 rings (SSSR count). The zero-order valence-corrected chi connectivity index (χ0v) is 30.7. The predicted octanol–water partition coefficient (Wildman–Crippen LogP) is 5.95. The van der Waals surface area contributed by atoms with Crippen LogP contribution in [0.3, 0.4) is 0 Å². The van der Waals surface area contributed by atoms with Gasteiger partial charge < -0.3 is 30.1 Å². The molecule has 4 atom stereocenters. The summed E-state index contributed by atoms with van der Waals surface area (Å²) in [5, 5.41) is 15.8. The number of hydrogen-bond acceptors (Lipinski definition) is 7. The fourth-order valence-corrected chi connectivity index (χ4v) is 5.34. The minimum absolute atomic E-state index is 0.164. The van der Waals surface area contributed by atoms with E-state index in [1.54, 1.807) is 47.6 Å². The van der Waals surface area contributed by atoms with Gasteiger partial charge in [0, 0.05) is 12.5 Å². The zero-order valence-electron chi connectivity index (χ0n) is 30.7. The normalized spacial score (nSPS) is 14.4. The lowest BCUT2D eigenvalue weighted by Gasteiger charge is -2.39. The van der Waals surface area contributed by atoms with E-state index in [0.29, 0.717) is 17.9 Å². The molecule has 3 amide bonds. The van der Waals surface area contributed by atoms with Crippen molar-refractivity contribution in [3.8, 4) is 0 Å². The van der Waals surface area contributed by atoms with Gasteiger partial charge >= 0.3 is 12.1 Å². The number of carbonyl (C=O) groups excluding carboxylic acids is 4. The second-order valence-electron chi connectivity index (χ2n) is 15.0. The first-order valence-corrected chi connectivity index (χ1v) is 16.8. The summed E-state index contributed by atoms with van der Waals surface area (Å²) in [4.78, 5) is 56.9. The number of hydrogen-bond donors (Lipinski definition) is 3. The average molecular weight is 668 g/mol. The number of ether oxygens (including phenoxy) is 2. The molecule has 0 radical (unpaired) electrons. The molecule has 48 heavy (non-hydrogen) atoms. The number of amides is 3. The molecule has 0 aromatic heterocycles. The number of aliphatic hydroxyl groups excluding tert-OH is 1. The van der Waals surface area contributed by atoms with E-state index < -0.39 is 65.9 Å². The van der Waals surface area contributed by atoms with Crippen molar-refractivity contribution in [3.05, 3.63) is 70.8 Å². The molecule has 0 bridgehead atoms. The Bertz CT molecular complexity index is 1380. The van der Waals surface area contributed by atoms with Gasteiger partial charge in [0.1, 0.15) is 29.3 Å². The summed E-state index contributed by atoms with van der Waals surface area (Å²) in [7, 11) is 0. The van der Waals surface area contributed by atoms with Gasteiger partial charge in [0.2, 0.25) is 11.8 Å². The van der Waals surface area contributed by atoms with Crippen LogP contribution in [0.5, 0.6) is 0 Å². The lowest BCUT2D eigenvalue weighted by molar-refractivity contribution is -0.159. The predicted molar refractivity (Wildman–Crippen MR) is 187 cm³/mol. The van der Waals surface area contributed by atoms with Gasteiger partial charge in [-0.25, -0.2) is 9.59 Å². The van der Waals surface area contributed by atoms with Crippen molar-refractivity contribution in [2.45, 2.75) is 131 Å². The Hall–Kier alpha value is -3.92. The van der Waals surface area contributed by atoms with E-state index in [-0.39, 0.29) is 6.42 Å². The second-order valence-corrected chi connectivity index (χ2v) is 15.0. The van der Waals surface area contributed by atoms with Crippen LogP contribution in [0.1, 0.15) is 103 Å². The second kappa shape index (κ2) is 17.5. The molecule has 266 valence electrons. The maximum Gasteiger partial charge on any atom is 0.408 e. The molecule has 0 saturated carbocycles. The minimum Gasteiger partial charge on any atom is -0.458 e. The van der Waals surface area contributed by atoms with Gasteiger partial charge in [0.15, 0.2) is 0 Å². The van der Waals surface area contributed by atoms with Crippen molar-refractivity contribution in [2.75, 3.05) is 6.61 Å². The van der Waals surface area contributed by atoms with E-state index in [4.69, 9.17) is 9.47 Å². The summed E-state index contributed by atoms with van der Waals surface area (Å²) in [5.74, 6) is -1.54. The average Bonchev–Trinajstić information content (AvgIpc) is 2.96. The van der Waals surface area contributed by atoms with E-state index >= 15 is 0 Å². The van der Waals surface area contributed by atoms with Gasteiger partial charge in [-0.05, 0) is 97.8 Å². The monoisotopic (exact) mass is 667 g/mol. The van der Waals surface area contributed by atoms with Gasteiger partial charge in [-0.1, -0.05) is 67.9 Å². The number of alkyl carbamates (subject to hydrolysis) is 1. The zero-order chi connectivity index (χ0) is 36.4. The highest BCUT2D eigenvalue weighted by Gasteiger charge is 2.41. The Balaban J connectivity index is 2.70. The maximum atomic E-state index is 14.7. The number of benzene rings is 2. The van der Waals surface area contributed by atoms with Crippen molar-refractivity contribution in [3.63, 3.8) is 0 Å². The van der Waals surface area contributed by atoms with Crippen LogP contribution < -0.4 is 10.6 Å². The largest absolute Gasteiger partial charge is 0.458 e. The van der Waals surface area contributed by atoms with E-state index in [2.05, 4.69) is 24.5 Å². The lowest BCUT2D eigenvalue weighted by Crippen LogP contribution is -2.58. The first-order chi connectivity index (χ1) is 22.2. The number of aliphatic hydroxyl groups is 1. The molecule has 0 spiro atoms. The number of nitrogens with one attached hydrogen (secondary N) is 2. The Morgan fingerprint density at radius 2 is 1.42 bits per heavy atom. The van der Waals surface area contributed by atoms with E-state index in [1.807, 2.05) is 63.2 Å². The standard InChI is InChI=1S/C38H57N3O7/c1-24(2)17-19-27(5)41(34(44)31(23-42)40-36(46)48-38(9,10)11)32(29-20-18-25(3)21-26(29)4)33(43)39-30(35(45)47-37(6,7)8)22-28-15-13-12-14-16-28/h12-16,18,20-21,24,27,30-32,42H,17,19,22-23H2,1-11H3,(H,39,43)(H,40,46). The van der Waals surface area contributed by atoms with E-state index in [9.17, 15) is 24.3 Å². The van der Waals surface area contributed by atoms with Crippen molar-refractivity contribution in [1.82, 2.24) is 15.5 Å². The highest BCUT2D eigenvalue weighted by Crippen LogP contribution is 2.30. The highest BCUT2D eigenvalue weighted by molar-refractivity contribution is 5.94. The summed E-state index contributed by atoms with van der Waals surface area (Å²) >= 11 is 0. The number of esters is 1. The van der Waals surface area contributed by atoms with Crippen molar-refractivity contribution in [2.24, 2.45) is 5.92 Å². The van der Waals surface area contributed by atoms with Crippen LogP contribution in [0.4, 0.5) is 4.79 Å². The highest BCUT2D eigenvalue weighted by atomic mass is 16.6. The fraction of sp³-hybridized carbons (Fsp3) is 0.579. The molecule has 0 aliphatic heterocycles. The molecule has 0 fully saturated rings. The van der Waals surface area contributed by atoms with Crippen LogP contribution >= 0.6 is 0 Å². The van der Waals surface area contributed by atoms with Crippen molar-refractivity contribution in [1.29, 1.82) is 0 Å². The Labute approximate surface area is 287 Å². The smallest absolute Gasteiger partial charge is 0.408 e. The first-order valence-electron chi connectivity index (χ1n) is 16.8. The Kier molecular flexibility index (Phi) is 14.7. The van der Waals surface area contributed by atoms with Gasteiger partial charge in [-0.3, -0.25) is 9.59 Å². The van der Waals surface area contributed by atoms with Crippen LogP contribution in [0, 0.1) is 19.8 Å². The molecule has 0 aliphatic rings. The van der Waals surface area contributed by atoms with E-state index in [1.165, 1.54) is 4.90 Å². The van der Waals surface area contributed by atoms with Crippen molar-refractivity contribution >= 4 is 23.9 Å². The van der Waals surface area contributed by atoms with Crippen LogP contribution in [-0.2, 0) is 30.3 Å². The van der Waals surface area contributed by atoms with E-state index in [0.717, 1.165) is 23.1 Å². The summed E-state index contributed by atoms with van der Waals surface area (Å²) in [6.07, 6.45) is 0.592. The summed E-state index contributed by atoms with van der Waals surface area (Å²) < 4.78 is 11.1. The molecule has 4 unspecified atom stereocenters. The number of nitrogens with zero attached hydrogens (tertiary/aromatic N) is 1. The third-order valence-corrected chi connectivity index (χ3v) is 7.60. The number of rotatable bonds is 14. The van der Waals surface area contributed by atoms with Gasteiger partial charge in [0.25, 0.3) is 0 Å². The maximum absolute atomic E-state index is 14.7. The number of carbonyl (C=O) groups is 4. The third-order valence-electron chi connectivity index (χ3n) is 7.60. The summed E-state index contributed by atoms with van der Waals surface area (Å²) in [6.45, 7) is 19.4. The molecule has 2 aromatic carbocycles. The molecule has 0 heterocycles. The van der Waals surface area contributed by atoms with Crippen LogP contribution in [0.15, 0.2) is 48.5 Å². The Morgan fingerprint density at radius 1 is 0.812 bits per heavy atom. The molecule has 10 heteroatoms. The lowest BCUT2D eigenvalue weighted by atomic mass is 9.93. The molecule has 0 saturated heterocycles. The molecule has 2 aromatic rings. The molecular formula is C38H57N3O7. The topological polar surface area (TPSA) is 134 Å². The quantitative estimate of drug-likeness (QED) is 0.212. The molecular weight excluding hydrogens is 610 g/mol.